The maximum absolute atomic E-state index is 15.6. The molecule has 0 atom stereocenters. The number of pyridine rings is 2. The summed E-state index contributed by atoms with van der Waals surface area (Å²) < 4.78 is 48.0. The highest BCUT2D eigenvalue weighted by molar-refractivity contribution is 7.92. The number of ether oxygens (including phenoxy) is 1. The minimum absolute atomic E-state index is 0.0162. The van der Waals surface area contributed by atoms with Crippen molar-refractivity contribution >= 4 is 38.2 Å². The van der Waals surface area contributed by atoms with E-state index < -0.39 is 21.3 Å². The summed E-state index contributed by atoms with van der Waals surface area (Å²) in [7, 11) is -1.92. The van der Waals surface area contributed by atoms with Crippen LogP contribution in [-0.2, 0) is 20.2 Å². The van der Waals surface area contributed by atoms with Gasteiger partial charge in [0.1, 0.15) is 23.5 Å². The number of anilines is 2. The van der Waals surface area contributed by atoms with Crippen molar-refractivity contribution in [2.24, 2.45) is 5.92 Å². The van der Waals surface area contributed by atoms with Gasteiger partial charge in [0.25, 0.3) is 0 Å². The van der Waals surface area contributed by atoms with Crippen LogP contribution in [0.5, 0.6) is 5.88 Å². The first-order valence-corrected chi connectivity index (χ1v) is 15.7. The molecule has 1 fully saturated rings. The quantitative estimate of drug-likeness (QED) is 0.349. The van der Waals surface area contributed by atoms with Crippen LogP contribution in [0.3, 0.4) is 0 Å². The molecule has 41 heavy (non-hydrogen) atoms. The fourth-order valence-corrected chi connectivity index (χ4v) is 6.40. The Balaban J connectivity index is 1.57. The minimum atomic E-state index is -3.67. The molecular weight excluding hydrogens is 547 g/mol. The number of sulfonamides is 1. The number of hydrogen-bond acceptors (Lipinski definition) is 8. The number of nitrogens with zero attached hydrogens (tertiary/aromatic N) is 4. The predicted molar refractivity (Wildman–Crippen MR) is 158 cm³/mol. The fraction of sp³-hybridized carbons (Fsp3) is 0.483. The molecule has 220 valence electrons. The first kappa shape index (κ1) is 29.2. The van der Waals surface area contributed by atoms with Gasteiger partial charge in [-0.1, -0.05) is 27.7 Å². The van der Waals surface area contributed by atoms with Crippen LogP contribution in [0.4, 0.5) is 15.8 Å². The summed E-state index contributed by atoms with van der Waals surface area (Å²) in [5.74, 6) is 0.0482. The molecule has 1 amide bonds. The first-order valence-electron chi connectivity index (χ1n) is 13.8. The predicted octanol–water partition coefficient (Wildman–Crippen LogP) is 3.37. The van der Waals surface area contributed by atoms with Crippen LogP contribution in [0.1, 0.15) is 33.3 Å². The average Bonchev–Trinajstić information content (AvgIpc) is 3.08. The van der Waals surface area contributed by atoms with Crippen LogP contribution in [0.2, 0.25) is 0 Å². The smallest absolute Gasteiger partial charge is 0.240 e. The summed E-state index contributed by atoms with van der Waals surface area (Å²) in [4.78, 5) is 26.3. The second-order valence-electron chi connectivity index (χ2n) is 11.8. The van der Waals surface area contributed by atoms with Gasteiger partial charge in [-0.15, -0.1) is 0 Å². The van der Waals surface area contributed by atoms with E-state index in [2.05, 4.69) is 38.8 Å². The van der Waals surface area contributed by atoms with Gasteiger partial charge in [-0.05, 0) is 18.1 Å². The van der Waals surface area contributed by atoms with E-state index in [0.29, 0.717) is 42.0 Å². The molecule has 0 saturated carbocycles. The van der Waals surface area contributed by atoms with Crippen molar-refractivity contribution in [3.63, 3.8) is 0 Å². The van der Waals surface area contributed by atoms with Crippen LogP contribution in [0.25, 0.3) is 22.0 Å². The van der Waals surface area contributed by atoms with Gasteiger partial charge in [-0.25, -0.2) is 17.8 Å². The number of fused-ring (bicyclic) bond motifs is 4. The molecule has 5 rings (SSSR count). The Kier molecular flexibility index (Phi) is 7.68. The second kappa shape index (κ2) is 10.8. The van der Waals surface area contributed by atoms with Crippen LogP contribution in [0.15, 0.2) is 30.6 Å². The van der Waals surface area contributed by atoms with Crippen molar-refractivity contribution < 1.29 is 22.3 Å². The molecule has 0 aliphatic carbocycles. The number of nitrogens with one attached hydrogen (secondary N) is 2. The number of halogens is 1. The van der Waals surface area contributed by atoms with Gasteiger partial charge in [-0.3, -0.25) is 14.5 Å². The van der Waals surface area contributed by atoms with Crippen molar-refractivity contribution in [3.8, 4) is 17.0 Å². The zero-order chi connectivity index (χ0) is 29.7. The monoisotopic (exact) mass is 584 g/mol. The van der Waals surface area contributed by atoms with Gasteiger partial charge >= 0.3 is 0 Å². The third-order valence-corrected chi connectivity index (χ3v) is 8.04. The van der Waals surface area contributed by atoms with Crippen molar-refractivity contribution in [1.82, 2.24) is 20.2 Å². The summed E-state index contributed by atoms with van der Waals surface area (Å²) in [6, 6.07) is 4.84. The van der Waals surface area contributed by atoms with E-state index in [9.17, 15) is 13.2 Å². The molecule has 2 aliphatic heterocycles. The highest BCUT2D eigenvalue weighted by atomic mass is 32.2. The van der Waals surface area contributed by atoms with Crippen LogP contribution < -0.4 is 19.7 Å². The SMILES string of the molecule is CC(C)CN1CC2(C1)C(=O)N(C)c1cnc3cc(F)c(-c4cnc(OCCNC(C)C)c(NS(C)(=O)=O)c4)cc3c12. The van der Waals surface area contributed by atoms with Crippen molar-refractivity contribution in [1.29, 1.82) is 0 Å². The summed E-state index contributed by atoms with van der Waals surface area (Å²) >= 11 is 0. The Hall–Kier alpha value is -3.35. The Morgan fingerprint density at radius 3 is 2.51 bits per heavy atom. The normalized spacial score (nSPS) is 16.6. The third-order valence-electron chi connectivity index (χ3n) is 7.45. The Morgan fingerprint density at radius 2 is 1.85 bits per heavy atom. The number of carbonyl (C=O) groups excluding carboxylic acids is 1. The highest BCUT2D eigenvalue weighted by Crippen LogP contribution is 2.50. The summed E-state index contributed by atoms with van der Waals surface area (Å²) in [6.07, 6.45) is 4.13. The lowest BCUT2D eigenvalue weighted by atomic mass is 9.73. The molecule has 12 heteroatoms. The molecule has 2 aromatic heterocycles. The molecule has 10 nitrogen and oxygen atoms in total. The molecule has 2 aliphatic rings. The molecule has 1 saturated heterocycles. The van der Waals surface area contributed by atoms with Gasteiger partial charge in [0.05, 0.1) is 23.7 Å². The number of aromatic nitrogens is 2. The topological polar surface area (TPSA) is 117 Å². The maximum Gasteiger partial charge on any atom is 0.240 e. The molecule has 0 unspecified atom stereocenters. The molecule has 0 bridgehead atoms. The molecule has 3 aromatic rings. The van der Waals surface area contributed by atoms with Crippen molar-refractivity contribution in [3.05, 3.63) is 42.0 Å². The lowest BCUT2D eigenvalue weighted by molar-refractivity contribution is -0.129. The fourth-order valence-electron chi connectivity index (χ4n) is 5.86. The van der Waals surface area contributed by atoms with E-state index in [1.54, 1.807) is 24.2 Å². The van der Waals surface area contributed by atoms with E-state index in [4.69, 9.17) is 4.74 Å². The number of benzene rings is 1. The van der Waals surface area contributed by atoms with E-state index >= 15 is 4.39 Å². The van der Waals surface area contributed by atoms with E-state index in [-0.39, 0.29) is 35.7 Å². The third kappa shape index (κ3) is 5.60. The van der Waals surface area contributed by atoms with Gasteiger partial charge in [0.2, 0.25) is 21.8 Å². The largest absolute Gasteiger partial charge is 0.475 e. The Labute approximate surface area is 240 Å². The minimum Gasteiger partial charge on any atom is -0.475 e. The molecular formula is C29H37FN6O4S. The Morgan fingerprint density at radius 1 is 1.12 bits per heavy atom. The number of likely N-dealkylation sites (tertiary alicyclic amines) is 1. The lowest BCUT2D eigenvalue weighted by Gasteiger charge is -2.47. The van der Waals surface area contributed by atoms with E-state index in [1.165, 1.54) is 18.3 Å². The number of hydrogen-bond donors (Lipinski definition) is 2. The molecule has 2 N–H and O–H groups in total. The number of likely N-dealkylation sites (N-methyl/N-ethyl adjacent to an activating group) is 1. The highest BCUT2D eigenvalue weighted by Gasteiger charge is 2.58. The summed E-state index contributed by atoms with van der Waals surface area (Å²) in [5, 5.41) is 3.92. The van der Waals surface area contributed by atoms with Crippen molar-refractivity contribution in [2.75, 3.05) is 55.7 Å². The standard InChI is InChI=1S/C29H37FN6O4S/c1-17(2)14-36-15-29(16-36)26-21-10-20(22(30)11-23(21)32-13-25(26)35(5)28(29)37)19-9-24(34-41(6,38)39)27(33-12-19)40-8-7-31-18(3)4/h9-13,17-18,31,34H,7-8,14-16H2,1-6H3. The Bertz CT molecular complexity index is 1600. The number of rotatable bonds is 10. The lowest BCUT2D eigenvalue weighted by Crippen LogP contribution is -2.64. The van der Waals surface area contributed by atoms with Gasteiger partial charge < -0.3 is 19.9 Å². The van der Waals surface area contributed by atoms with Gasteiger partial charge in [0.15, 0.2) is 0 Å². The van der Waals surface area contributed by atoms with E-state index in [0.717, 1.165) is 24.1 Å². The summed E-state index contributed by atoms with van der Waals surface area (Å²) in [6.45, 7) is 11.2. The van der Waals surface area contributed by atoms with E-state index in [1.807, 2.05) is 13.8 Å². The first-order chi connectivity index (χ1) is 19.3. The zero-order valence-corrected chi connectivity index (χ0v) is 25.1. The number of carbonyl (C=O) groups is 1. The summed E-state index contributed by atoms with van der Waals surface area (Å²) in [5.41, 5.74) is 2.02. The van der Waals surface area contributed by atoms with Crippen LogP contribution >= 0.6 is 0 Å². The van der Waals surface area contributed by atoms with Crippen LogP contribution in [0, 0.1) is 11.7 Å². The molecule has 1 aromatic carbocycles. The molecule has 1 spiro atoms. The van der Waals surface area contributed by atoms with Crippen LogP contribution in [-0.4, -0.2) is 81.3 Å². The van der Waals surface area contributed by atoms with Gasteiger partial charge in [0, 0.05) is 73.6 Å². The molecule has 4 heterocycles. The zero-order valence-electron chi connectivity index (χ0n) is 24.3. The maximum atomic E-state index is 15.6. The second-order valence-corrected chi connectivity index (χ2v) is 13.5. The van der Waals surface area contributed by atoms with Crippen molar-refractivity contribution in [2.45, 2.75) is 39.2 Å². The molecule has 0 radical (unpaired) electrons. The average molecular weight is 585 g/mol. The van der Waals surface area contributed by atoms with Gasteiger partial charge in [-0.2, -0.15) is 0 Å². The number of amides is 1.